The fourth-order valence-corrected chi connectivity index (χ4v) is 2.56. The number of hydrogen-bond donors (Lipinski definition) is 1. The van der Waals surface area contributed by atoms with E-state index in [1.807, 2.05) is 6.92 Å². The number of rotatable bonds is 4. The van der Waals surface area contributed by atoms with E-state index in [0.717, 1.165) is 10.9 Å². The van der Waals surface area contributed by atoms with Gasteiger partial charge in [-0.1, -0.05) is 0 Å². The Morgan fingerprint density at radius 3 is 2.85 bits per heavy atom. The highest BCUT2D eigenvalue weighted by molar-refractivity contribution is 9.10. The molecule has 1 rings (SSSR count). The molecule has 0 aliphatic heterocycles. The molecule has 0 saturated carbocycles. The Balaban J connectivity index is 2.49. The highest BCUT2D eigenvalue weighted by Gasteiger charge is 2.13. The van der Waals surface area contributed by atoms with E-state index in [1.54, 1.807) is 18.4 Å². The minimum absolute atomic E-state index is 0.0792. The van der Waals surface area contributed by atoms with Gasteiger partial charge in [-0.25, -0.2) is 0 Å². The van der Waals surface area contributed by atoms with Crippen LogP contribution in [0.25, 0.3) is 0 Å². The van der Waals surface area contributed by atoms with Gasteiger partial charge in [0.25, 0.3) is 0 Å². The van der Waals surface area contributed by atoms with E-state index in [2.05, 4.69) is 27.4 Å². The first-order valence-electron chi connectivity index (χ1n) is 4.14. The van der Waals surface area contributed by atoms with Crippen molar-refractivity contribution in [1.82, 2.24) is 0 Å². The smallest absolute Gasteiger partial charge is 0.0697 e. The monoisotopic (exact) mass is 263 g/mol. The van der Waals surface area contributed by atoms with Crippen molar-refractivity contribution in [3.05, 3.63) is 20.8 Å². The quantitative estimate of drug-likeness (QED) is 0.906. The second-order valence-corrected chi connectivity index (χ2v) is 4.95. The van der Waals surface area contributed by atoms with Crippen molar-refractivity contribution >= 4 is 27.3 Å². The molecule has 74 valence electrons. The Morgan fingerprint density at radius 2 is 2.38 bits per heavy atom. The second kappa shape index (κ2) is 5.10. The van der Waals surface area contributed by atoms with Crippen LogP contribution in [0.3, 0.4) is 0 Å². The highest BCUT2D eigenvalue weighted by Crippen LogP contribution is 2.21. The molecule has 2 nitrogen and oxygen atoms in total. The highest BCUT2D eigenvalue weighted by atomic mass is 79.9. The lowest BCUT2D eigenvalue weighted by Gasteiger charge is -2.17. The molecule has 1 aromatic rings. The van der Waals surface area contributed by atoms with Crippen LogP contribution in [0.5, 0.6) is 0 Å². The molecule has 0 spiro atoms. The van der Waals surface area contributed by atoms with Gasteiger partial charge in [-0.05, 0) is 35.3 Å². The first-order chi connectivity index (χ1) is 6.13. The average Bonchev–Trinajstić information content (AvgIpc) is 2.49. The summed E-state index contributed by atoms with van der Waals surface area (Å²) in [5.41, 5.74) is 5.94. The van der Waals surface area contributed by atoms with Crippen LogP contribution >= 0.6 is 27.3 Å². The zero-order chi connectivity index (χ0) is 9.84. The Bertz CT molecular complexity index is 264. The maximum absolute atomic E-state index is 5.94. The molecule has 0 aliphatic carbocycles. The van der Waals surface area contributed by atoms with Gasteiger partial charge in [-0.2, -0.15) is 0 Å². The van der Waals surface area contributed by atoms with Gasteiger partial charge in [0, 0.05) is 27.9 Å². The van der Waals surface area contributed by atoms with Crippen LogP contribution in [0.2, 0.25) is 0 Å². The first-order valence-corrected chi connectivity index (χ1v) is 5.82. The van der Waals surface area contributed by atoms with Gasteiger partial charge in [0.15, 0.2) is 0 Å². The summed E-state index contributed by atoms with van der Waals surface area (Å²) in [4.78, 5) is 1.29. The molecule has 0 aromatic carbocycles. The van der Waals surface area contributed by atoms with E-state index in [4.69, 9.17) is 10.5 Å². The Hall–Kier alpha value is 0.1000. The molecule has 2 atom stereocenters. The van der Waals surface area contributed by atoms with E-state index in [9.17, 15) is 0 Å². The number of ether oxygens (including phenoxy) is 1. The first kappa shape index (κ1) is 11.2. The minimum atomic E-state index is 0.0792. The predicted molar refractivity (Wildman–Crippen MR) is 60.2 cm³/mol. The summed E-state index contributed by atoms with van der Waals surface area (Å²) in [5, 5.41) is 2.07. The van der Waals surface area contributed by atoms with Crippen molar-refractivity contribution in [3.63, 3.8) is 0 Å². The van der Waals surface area contributed by atoms with Gasteiger partial charge < -0.3 is 10.5 Å². The summed E-state index contributed by atoms with van der Waals surface area (Å²) in [6.07, 6.45) is 0.992. The molecule has 0 radical (unpaired) electrons. The minimum Gasteiger partial charge on any atom is -0.380 e. The molecule has 0 aliphatic rings. The molecule has 13 heavy (non-hydrogen) atoms. The van der Waals surface area contributed by atoms with Crippen molar-refractivity contribution in [2.24, 2.45) is 5.73 Å². The van der Waals surface area contributed by atoms with Crippen molar-refractivity contribution in [2.75, 3.05) is 7.11 Å². The van der Waals surface area contributed by atoms with Gasteiger partial charge >= 0.3 is 0 Å². The van der Waals surface area contributed by atoms with Gasteiger partial charge in [0.05, 0.1) is 6.10 Å². The predicted octanol–water partition coefficient (Wildman–Crippen LogP) is 2.42. The summed E-state index contributed by atoms with van der Waals surface area (Å²) in [5.74, 6) is 0. The van der Waals surface area contributed by atoms with E-state index in [0.29, 0.717) is 0 Å². The molecular formula is C9H14BrNOS. The Kier molecular flexibility index (Phi) is 4.38. The SMILES string of the molecule is COC(C)C(N)Cc1cc(Br)cs1. The molecule has 2 unspecified atom stereocenters. The molecule has 1 aromatic heterocycles. The van der Waals surface area contributed by atoms with Crippen molar-refractivity contribution in [3.8, 4) is 0 Å². The van der Waals surface area contributed by atoms with E-state index in [-0.39, 0.29) is 12.1 Å². The molecule has 0 bridgehead atoms. The fraction of sp³-hybridized carbons (Fsp3) is 0.556. The third kappa shape index (κ3) is 3.38. The topological polar surface area (TPSA) is 35.2 Å². The lowest BCUT2D eigenvalue weighted by molar-refractivity contribution is 0.0958. The summed E-state index contributed by atoms with van der Waals surface area (Å²) in [6, 6.07) is 2.18. The molecule has 0 amide bonds. The number of thiophene rings is 1. The fourth-order valence-electron chi connectivity index (χ4n) is 1.03. The number of hydrogen-bond acceptors (Lipinski definition) is 3. The lowest BCUT2D eigenvalue weighted by Crippen LogP contribution is -2.35. The van der Waals surface area contributed by atoms with Gasteiger partial charge in [-0.15, -0.1) is 11.3 Å². The zero-order valence-corrected chi connectivity index (χ0v) is 10.2. The summed E-state index contributed by atoms with van der Waals surface area (Å²) in [7, 11) is 1.69. The third-order valence-corrected chi connectivity index (χ3v) is 3.75. The summed E-state index contributed by atoms with van der Waals surface area (Å²) < 4.78 is 6.29. The zero-order valence-electron chi connectivity index (χ0n) is 7.79. The van der Waals surface area contributed by atoms with Crippen LogP contribution in [0.15, 0.2) is 15.9 Å². The van der Waals surface area contributed by atoms with Crippen LogP contribution in [0.1, 0.15) is 11.8 Å². The van der Waals surface area contributed by atoms with E-state index in [1.165, 1.54) is 4.88 Å². The van der Waals surface area contributed by atoms with Gasteiger partial charge in [-0.3, -0.25) is 0 Å². The van der Waals surface area contributed by atoms with Crippen molar-refractivity contribution in [1.29, 1.82) is 0 Å². The van der Waals surface area contributed by atoms with Crippen LogP contribution in [-0.4, -0.2) is 19.3 Å². The molecule has 4 heteroatoms. The summed E-state index contributed by atoms with van der Waals surface area (Å²) in [6.45, 7) is 1.99. The molecule has 2 N–H and O–H groups in total. The third-order valence-electron chi connectivity index (χ3n) is 2.03. The standard InChI is InChI=1S/C9H14BrNOS/c1-6(12-2)9(11)4-8-3-7(10)5-13-8/h3,5-6,9H,4,11H2,1-2H3. The number of nitrogens with two attached hydrogens (primary N) is 1. The summed E-state index contributed by atoms with van der Waals surface area (Å²) >= 11 is 5.14. The largest absolute Gasteiger partial charge is 0.380 e. The molecule has 0 fully saturated rings. The van der Waals surface area contributed by atoms with Crippen molar-refractivity contribution in [2.45, 2.75) is 25.5 Å². The normalized spacial score (nSPS) is 15.7. The number of halogens is 1. The maximum Gasteiger partial charge on any atom is 0.0697 e. The molecule has 0 saturated heterocycles. The van der Waals surface area contributed by atoms with Gasteiger partial charge in [0.1, 0.15) is 0 Å². The lowest BCUT2D eigenvalue weighted by atomic mass is 10.1. The van der Waals surface area contributed by atoms with Gasteiger partial charge in [0.2, 0.25) is 0 Å². The Labute approximate surface area is 91.2 Å². The van der Waals surface area contributed by atoms with Crippen LogP contribution in [0.4, 0.5) is 0 Å². The average molecular weight is 264 g/mol. The maximum atomic E-state index is 5.94. The van der Waals surface area contributed by atoms with Crippen LogP contribution < -0.4 is 5.73 Å². The molecule has 1 heterocycles. The van der Waals surface area contributed by atoms with Crippen LogP contribution in [0, 0.1) is 0 Å². The van der Waals surface area contributed by atoms with E-state index < -0.39 is 0 Å². The van der Waals surface area contributed by atoms with Crippen molar-refractivity contribution < 1.29 is 4.74 Å². The molecular weight excluding hydrogens is 250 g/mol. The van der Waals surface area contributed by atoms with E-state index >= 15 is 0 Å². The Morgan fingerprint density at radius 1 is 1.69 bits per heavy atom. The second-order valence-electron chi connectivity index (χ2n) is 3.04. The number of methoxy groups -OCH3 is 1. The van der Waals surface area contributed by atoms with Crippen LogP contribution in [-0.2, 0) is 11.2 Å².